The zero-order valence-electron chi connectivity index (χ0n) is 10.5. The van der Waals surface area contributed by atoms with E-state index >= 15 is 0 Å². The molecule has 1 N–H and O–H groups in total. The Morgan fingerprint density at radius 2 is 1.81 bits per heavy atom. The molecule has 0 saturated carbocycles. The first kappa shape index (κ1) is 17.2. The molecule has 0 fully saturated rings. The van der Waals surface area contributed by atoms with Crippen LogP contribution in [-0.2, 0) is 6.18 Å². The Hall–Kier alpha value is -1.81. The first-order chi connectivity index (χ1) is 9.56. The topological polar surface area (TPSA) is 47.0 Å². The van der Waals surface area contributed by atoms with Crippen LogP contribution >= 0.6 is 0 Å². The SMILES string of the molecule is CCNc1cc(OCC(F)(F)C(F)F)nc(C(F)(F)F)n1. The number of hydrogen-bond acceptors (Lipinski definition) is 4. The summed E-state index contributed by atoms with van der Waals surface area (Å²) in [5.41, 5.74) is 0. The van der Waals surface area contributed by atoms with Crippen molar-refractivity contribution in [3.63, 3.8) is 0 Å². The molecule has 1 aromatic rings. The Kier molecular flexibility index (Phi) is 5.18. The molecule has 0 unspecified atom stereocenters. The van der Waals surface area contributed by atoms with Crippen LogP contribution in [0, 0.1) is 0 Å². The number of nitrogens with one attached hydrogen (secondary N) is 1. The minimum Gasteiger partial charge on any atom is -0.471 e. The van der Waals surface area contributed by atoms with Crippen LogP contribution in [0.25, 0.3) is 0 Å². The predicted octanol–water partition coefficient (Wildman–Crippen LogP) is 3.21. The Morgan fingerprint density at radius 3 is 2.29 bits per heavy atom. The number of anilines is 1. The van der Waals surface area contributed by atoms with Crippen LogP contribution in [-0.4, -0.2) is 35.5 Å². The molecule has 11 heteroatoms. The average molecular weight is 321 g/mol. The lowest BCUT2D eigenvalue weighted by atomic mass is 10.4. The van der Waals surface area contributed by atoms with E-state index in [0.29, 0.717) is 0 Å². The summed E-state index contributed by atoms with van der Waals surface area (Å²) in [6, 6.07) is 0.806. The van der Waals surface area contributed by atoms with Gasteiger partial charge in [-0.1, -0.05) is 0 Å². The molecule has 120 valence electrons. The lowest BCUT2D eigenvalue weighted by Gasteiger charge is -2.16. The molecular weight excluding hydrogens is 311 g/mol. The molecule has 0 amide bonds. The van der Waals surface area contributed by atoms with Crippen LogP contribution in [0.1, 0.15) is 12.7 Å². The molecule has 0 bridgehead atoms. The predicted molar refractivity (Wildman–Crippen MR) is 57.6 cm³/mol. The highest BCUT2D eigenvalue weighted by Crippen LogP contribution is 2.30. The molecule has 0 radical (unpaired) electrons. The summed E-state index contributed by atoms with van der Waals surface area (Å²) in [5.74, 6) is -7.33. The molecule has 0 aliphatic heterocycles. The Bertz CT molecular complexity index is 478. The Balaban J connectivity index is 2.98. The summed E-state index contributed by atoms with van der Waals surface area (Å²) in [6.45, 7) is -0.0493. The zero-order valence-corrected chi connectivity index (χ0v) is 10.5. The van der Waals surface area contributed by atoms with Crippen molar-refractivity contribution in [3.8, 4) is 5.88 Å². The maximum atomic E-state index is 12.7. The number of aromatic nitrogens is 2. The van der Waals surface area contributed by atoms with Crippen molar-refractivity contribution < 1.29 is 35.5 Å². The number of alkyl halides is 7. The van der Waals surface area contributed by atoms with Gasteiger partial charge in [0, 0.05) is 12.6 Å². The first-order valence-corrected chi connectivity index (χ1v) is 5.55. The van der Waals surface area contributed by atoms with Crippen molar-refractivity contribution in [1.82, 2.24) is 9.97 Å². The van der Waals surface area contributed by atoms with Gasteiger partial charge in [-0.25, -0.2) is 13.8 Å². The first-order valence-electron chi connectivity index (χ1n) is 5.55. The summed E-state index contributed by atoms with van der Waals surface area (Å²) in [4.78, 5) is 5.98. The van der Waals surface area contributed by atoms with Crippen LogP contribution in [0.5, 0.6) is 5.88 Å². The van der Waals surface area contributed by atoms with E-state index in [4.69, 9.17) is 0 Å². The van der Waals surface area contributed by atoms with Gasteiger partial charge in [0.1, 0.15) is 5.82 Å². The standard InChI is InChI=1S/C10H10F7N3O/c1-2-18-5-3-6(20-8(19-5)10(15,16)17)21-4-9(13,14)7(11)12/h3,7H,2,4H2,1H3,(H,18,19,20). The number of rotatable bonds is 6. The number of hydrogen-bond donors (Lipinski definition) is 1. The van der Waals surface area contributed by atoms with Gasteiger partial charge in [0.25, 0.3) is 0 Å². The van der Waals surface area contributed by atoms with Crippen molar-refractivity contribution in [1.29, 1.82) is 0 Å². The van der Waals surface area contributed by atoms with E-state index in [1.807, 2.05) is 0 Å². The second-order valence-electron chi connectivity index (χ2n) is 3.79. The highest BCUT2D eigenvalue weighted by Gasteiger charge is 2.42. The van der Waals surface area contributed by atoms with Crippen molar-refractivity contribution in [2.75, 3.05) is 18.5 Å². The van der Waals surface area contributed by atoms with Crippen molar-refractivity contribution >= 4 is 5.82 Å². The van der Waals surface area contributed by atoms with Crippen LogP contribution in [0.4, 0.5) is 36.6 Å². The minimum absolute atomic E-state index is 0.195. The van der Waals surface area contributed by atoms with Crippen molar-refractivity contribution in [2.45, 2.75) is 25.4 Å². The van der Waals surface area contributed by atoms with Gasteiger partial charge < -0.3 is 10.1 Å². The third-order valence-electron chi connectivity index (χ3n) is 2.05. The quantitative estimate of drug-likeness (QED) is 0.818. The Labute approximate surface area is 114 Å². The highest BCUT2D eigenvalue weighted by molar-refractivity contribution is 5.38. The van der Waals surface area contributed by atoms with E-state index in [9.17, 15) is 30.7 Å². The molecule has 1 aromatic heterocycles. The molecule has 1 heterocycles. The third kappa shape index (κ3) is 4.90. The number of halogens is 7. The summed E-state index contributed by atoms with van der Waals surface area (Å²) in [7, 11) is 0. The smallest absolute Gasteiger partial charge is 0.451 e. The molecule has 0 aromatic carbocycles. The van der Waals surface area contributed by atoms with E-state index in [1.165, 1.54) is 0 Å². The normalized spacial score (nSPS) is 12.6. The maximum Gasteiger partial charge on any atom is 0.451 e. The minimum atomic E-state index is -4.94. The van der Waals surface area contributed by atoms with Gasteiger partial charge in [0.15, 0.2) is 6.61 Å². The summed E-state index contributed by atoms with van der Waals surface area (Å²) in [6.07, 6.45) is -8.94. The molecule has 0 aliphatic carbocycles. The van der Waals surface area contributed by atoms with Crippen molar-refractivity contribution in [2.24, 2.45) is 0 Å². The summed E-state index contributed by atoms with van der Waals surface area (Å²) < 4.78 is 91.0. The lowest BCUT2D eigenvalue weighted by molar-refractivity contribution is -0.151. The molecule has 0 atom stereocenters. The van der Waals surface area contributed by atoms with Crippen molar-refractivity contribution in [3.05, 3.63) is 11.9 Å². The number of ether oxygens (including phenoxy) is 1. The van der Waals surface area contributed by atoms with Gasteiger partial charge in [-0.05, 0) is 6.92 Å². The van der Waals surface area contributed by atoms with Gasteiger partial charge in [0.05, 0.1) is 0 Å². The monoisotopic (exact) mass is 321 g/mol. The van der Waals surface area contributed by atoms with E-state index in [1.54, 1.807) is 6.92 Å². The maximum absolute atomic E-state index is 12.7. The van der Waals surface area contributed by atoms with Gasteiger partial charge in [-0.2, -0.15) is 26.9 Å². The fourth-order valence-electron chi connectivity index (χ4n) is 1.13. The fourth-order valence-corrected chi connectivity index (χ4v) is 1.13. The third-order valence-corrected chi connectivity index (χ3v) is 2.05. The van der Waals surface area contributed by atoms with Gasteiger partial charge in [0.2, 0.25) is 11.7 Å². The van der Waals surface area contributed by atoms with Crippen LogP contribution in [0.15, 0.2) is 6.07 Å². The van der Waals surface area contributed by atoms with Crippen LogP contribution in [0.2, 0.25) is 0 Å². The largest absolute Gasteiger partial charge is 0.471 e. The van der Waals surface area contributed by atoms with Crippen LogP contribution < -0.4 is 10.1 Å². The second kappa shape index (κ2) is 6.31. The molecule has 0 aliphatic rings. The summed E-state index contributed by atoms with van der Waals surface area (Å²) in [5, 5.41) is 2.41. The van der Waals surface area contributed by atoms with E-state index < -0.39 is 36.8 Å². The van der Waals surface area contributed by atoms with Crippen LogP contribution in [0.3, 0.4) is 0 Å². The van der Waals surface area contributed by atoms with Gasteiger partial charge >= 0.3 is 18.5 Å². The molecule has 21 heavy (non-hydrogen) atoms. The molecule has 4 nitrogen and oxygen atoms in total. The summed E-state index contributed by atoms with van der Waals surface area (Å²) >= 11 is 0. The average Bonchev–Trinajstić information content (AvgIpc) is 2.35. The van der Waals surface area contributed by atoms with Gasteiger partial charge in [-0.3, -0.25) is 0 Å². The molecular formula is C10H10F7N3O. The lowest BCUT2D eigenvalue weighted by Crippen LogP contribution is -2.34. The molecule has 1 rings (SSSR count). The van der Waals surface area contributed by atoms with E-state index in [-0.39, 0.29) is 12.4 Å². The van der Waals surface area contributed by atoms with Gasteiger partial charge in [-0.15, -0.1) is 0 Å². The zero-order chi connectivity index (χ0) is 16.3. The Morgan fingerprint density at radius 1 is 1.19 bits per heavy atom. The molecule has 0 saturated heterocycles. The molecule has 0 spiro atoms. The highest BCUT2D eigenvalue weighted by atomic mass is 19.4. The fraction of sp³-hybridized carbons (Fsp3) is 0.600. The second-order valence-corrected chi connectivity index (χ2v) is 3.79. The van der Waals surface area contributed by atoms with E-state index in [0.717, 1.165) is 6.07 Å². The van der Waals surface area contributed by atoms with E-state index in [2.05, 4.69) is 20.0 Å². The number of nitrogens with zero attached hydrogens (tertiary/aromatic N) is 2.